The van der Waals surface area contributed by atoms with Crippen molar-refractivity contribution in [3.63, 3.8) is 0 Å². The van der Waals surface area contributed by atoms with Crippen molar-refractivity contribution in [2.24, 2.45) is 0 Å². The zero-order valence-electron chi connectivity index (χ0n) is 10.2. The molecule has 5 heteroatoms. The summed E-state index contributed by atoms with van der Waals surface area (Å²) in [7, 11) is 2.98. The summed E-state index contributed by atoms with van der Waals surface area (Å²) in [4.78, 5) is 11.0. The molecule has 1 unspecified atom stereocenters. The molecule has 1 rings (SSSR count). The fraction of sp³-hybridized carbons (Fsp3) is 0.417. The smallest absolute Gasteiger partial charge is 0.310 e. The first-order valence-corrected chi connectivity index (χ1v) is 5.45. The van der Waals surface area contributed by atoms with E-state index in [2.05, 4.69) is 0 Å². The van der Waals surface area contributed by atoms with Gasteiger partial charge in [-0.15, -0.1) is 0 Å². The van der Waals surface area contributed by atoms with E-state index in [1.807, 2.05) is 6.92 Å². The van der Waals surface area contributed by atoms with Gasteiger partial charge in [-0.05, 0) is 25.5 Å². The highest BCUT2D eigenvalue weighted by molar-refractivity contribution is 6.33. The summed E-state index contributed by atoms with van der Waals surface area (Å²) in [5.74, 6) is -0.776. The van der Waals surface area contributed by atoms with E-state index in [0.717, 1.165) is 5.56 Å². The van der Waals surface area contributed by atoms with Crippen molar-refractivity contribution in [3.8, 4) is 11.5 Å². The van der Waals surface area contributed by atoms with Gasteiger partial charge in [0.15, 0.2) is 0 Å². The monoisotopic (exact) mass is 258 g/mol. The highest BCUT2D eigenvalue weighted by atomic mass is 35.5. The molecular formula is C12H15ClO4. The highest BCUT2D eigenvalue weighted by Gasteiger charge is 2.25. The van der Waals surface area contributed by atoms with Gasteiger partial charge in [0.2, 0.25) is 0 Å². The molecule has 1 aromatic carbocycles. The number of hydrogen-bond donors (Lipinski definition) is 1. The molecule has 17 heavy (non-hydrogen) atoms. The molecule has 0 heterocycles. The number of methoxy groups -OCH3 is 2. The van der Waals surface area contributed by atoms with Gasteiger partial charge in [0.1, 0.15) is 11.5 Å². The minimum atomic E-state index is -0.962. The van der Waals surface area contributed by atoms with E-state index < -0.39 is 11.9 Å². The minimum absolute atomic E-state index is 0.291. The van der Waals surface area contributed by atoms with Crippen LogP contribution in [0, 0.1) is 6.92 Å². The summed E-state index contributed by atoms with van der Waals surface area (Å²) in [6.45, 7) is 3.38. The van der Waals surface area contributed by atoms with Gasteiger partial charge >= 0.3 is 5.97 Å². The van der Waals surface area contributed by atoms with Crippen LogP contribution in [-0.2, 0) is 4.79 Å². The molecule has 0 aliphatic rings. The summed E-state index contributed by atoms with van der Waals surface area (Å²) in [5.41, 5.74) is 1.24. The van der Waals surface area contributed by atoms with Crippen LogP contribution in [0.1, 0.15) is 24.0 Å². The Bertz CT molecular complexity index is 443. The lowest BCUT2D eigenvalue weighted by molar-refractivity contribution is -0.138. The number of aryl methyl sites for hydroxylation is 1. The standard InChI is InChI=1S/C12H15ClO4/c1-6-5-8(16-3)9(7(2)12(14)15)10(13)11(6)17-4/h5,7H,1-4H3,(H,14,15). The van der Waals surface area contributed by atoms with Crippen LogP contribution in [0.3, 0.4) is 0 Å². The van der Waals surface area contributed by atoms with Crippen molar-refractivity contribution < 1.29 is 19.4 Å². The molecule has 94 valence electrons. The number of carboxylic acid groups (broad SMARTS) is 1. The van der Waals surface area contributed by atoms with Gasteiger partial charge in [-0.1, -0.05) is 11.6 Å². The van der Waals surface area contributed by atoms with Gasteiger partial charge in [0.25, 0.3) is 0 Å². The van der Waals surface area contributed by atoms with Crippen molar-refractivity contribution in [2.45, 2.75) is 19.8 Å². The van der Waals surface area contributed by atoms with E-state index in [4.69, 9.17) is 26.2 Å². The third-order valence-corrected chi connectivity index (χ3v) is 3.01. The van der Waals surface area contributed by atoms with Crippen molar-refractivity contribution in [2.75, 3.05) is 14.2 Å². The largest absolute Gasteiger partial charge is 0.496 e. The van der Waals surface area contributed by atoms with E-state index in [0.29, 0.717) is 22.1 Å². The van der Waals surface area contributed by atoms with Gasteiger partial charge in [-0.3, -0.25) is 4.79 Å². The second-order valence-electron chi connectivity index (χ2n) is 3.72. The topological polar surface area (TPSA) is 55.8 Å². The van der Waals surface area contributed by atoms with E-state index in [1.165, 1.54) is 14.2 Å². The van der Waals surface area contributed by atoms with Gasteiger partial charge in [-0.2, -0.15) is 0 Å². The molecule has 0 bridgehead atoms. The maximum absolute atomic E-state index is 11.0. The van der Waals surface area contributed by atoms with Crippen LogP contribution in [-0.4, -0.2) is 25.3 Å². The van der Waals surface area contributed by atoms with Crippen molar-refractivity contribution >= 4 is 17.6 Å². The SMILES string of the molecule is COc1cc(C)c(OC)c(Cl)c1C(C)C(=O)O. The maximum atomic E-state index is 11.0. The van der Waals surface area contributed by atoms with Crippen LogP contribution in [0.15, 0.2) is 6.07 Å². The molecule has 4 nitrogen and oxygen atoms in total. The fourth-order valence-corrected chi connectivity index (χ4v) is 2.17. The number of benzene rings is 1. The lowest BCUT2D eigenvalue weighted by Gasteiger charge is -2.18. The molecule has 0 radical (unpaired) electrons. The van der Waals surface area contributed by atoms with E-state index in [-0.39, 0.29) is 0 Å². The summed E-state index contributed by atoms with van der Waals surface area (Å²) < 4.78 is 10.3. The molecule has 0 spiro atoms. The number of carbonyl (C=O) groups is 1. The molecule has 1 aromatic rings. The van der Waals surface area contributed by atoms with Crippen molar-refractivity contribution in [1.82, 2.24) is 0 Å². The van der Waals surface area contributed by atoms with Gasteiger partial charge in [0, 0.05) is 5.56 Å². The van der Waals surface area contributed by atoms with Crippen LogP contribution in [0.25, 0.3) is 0 Å². The third kappa shape index (κ3) is 2.47. The first kappa shape index (κ1) is 13.6. The average molecular weight is 259 g/mol. The van der Waals surface area contributed by atoms with Crippen LogP contribution in [0.2, 0.25) is 5.02 Å². The molecule has 0 aromatic heterocycles. The van der Waals surface area contributed by atoms with E-state index >= 15 is 0 Å². The highest BCUT2D eigenvalue weighted by Crippen LogP contribution is 2.41. The second-order valence-corrected chi connectivity index (χ2v) is 4.09. The summed E-state index contributed by atoms with van der Waals surface area (Å²) in [5, 5.41) is 9.35. The quantitative estimate of drug-likeness (QED) is 0.902. The maximum Gasteiger partial charge on any atom is 0.310 e. The normalized spacial score (nSPS) is 12.1. The van der Waals surface area contributed by atoms with E-state index in [9.17, 15) is 4.79 Å². The summed E-state index contributed by atoms with van der Waals surface area (Å²) >= 11 is 6.17. The fourth-order valence-electron chi connectivity index (χ4n) is 1.69. The van der Waals surface area contributed by atoms with Crippen LogP contribution in [0.5, 0.6) is 11.5 Å². The predicted octanol–water partition coefficient (Wildman–Crippen LogP) is 2.85. The number of aliphatic carboxylic acids is 1. The first-order chi connectivity index (χ1) is 7.93. The Morgan fingerprint density at radius 1 is 1.41 bits per heavy atom. The number of carboxylic acids is 1. The number of rotatable bonds is 4. The average Bonchev–Trinajstić information content (AvgIpc) is 2.27. The number of ether oxygens (including phenoxy) is 2. The number of hydrogen-bond acceptors (Lipinski definition) is 3. The molecule has 0 fully saturated rings. The Hall–Kier alpha value is -1.42. The van der Waals surface area contributed by atoms with Gasteiger partial charge in [0.05, 0.1) is 25.2 Å². The molecule has 0 amide bonds. The van der Waals surface area contributed by atoms with Crippen molar-refractivity contribution in [3.05, 3.63) is 22.2 Å². The van der Waals surface area contributed by atoms with Gasteiger partial charge in [-0.25, -0.2) is 0 Å². The molecule has 0 aliphatic carbocycles. The lowest BCUT2D eigenvalue weighted by Crippen LogP contribution is -2.10. The Morgan fingerprint density at radius 3 is 2.41 bits per heavy atom. The summed E-state index contributed by atoms with van der Waals surface area (Å²) in [6, 6.07) is 1.72. The molecule has 1 N–H and O–H groups in total. The summed E-state index contributed by atoms with van der Waals surface area (Å²) in [6.07, 6.45) is 0. The first-order valence-electron chi connectivity index (χ1n) is 5.07. The Labute approximate surface area is 105 Å². The second kappa shape index (κ2) is 5.27. The van der Waals surface area contributed by atoms with Crippen molar-refractivity contribution in [1.29, 1.82) is 0 Å². The van der Waals surface area contributed by atoms with E-state index in [1.54, 1.807) is 13.0 Å². The van der Waals surface area contributed by atoms with Crippen LogP contribution in [0.4, 0.5) is 0 Å². The lowest BCUT2D eigenvalue weighted by atomic mass is 9.98. The molecular weight excluding hydrogens is 244 g/mol. The Morgan fingerprint density at radius 2 is 2.00 bits per heavy atom. The molecule has 0 saturated heterocycles. The number of halogens is 1. The predicted molar refractivity (Wildman–Crippen MR) is 65.3 cm³/mol. The molecule has 0 aliphatic heterocycles. The molecule has 0 saturated carbocycles. The van der Waals surface area contributed by atoms with Crippen LogP contribution >= 0.6 is 11.6 Å². The Balaban J connectivity index is 3.50. The van der Waals surface area contributed by atoms with Crippen LogP contribution < -0.4 is 9.47 Å². The van der Waals surface area contributed by atoms with Gasteiger partial charge < -0.3 is 14.6 Å². The zero-order chi connectivity index (χ0) is 13.2. The molecule has 1 atom stereocenters. The zero-order valence-corrected chi connectivity index (χ0v) is 11.0. The Kier molecular flexibility index (Phi) is 4.23. The third-order valence-electron chi connectivity index (χ3n) is 2.63. The minimum Gasteiger partial charge on any atom is -0.496 e.